The van der Waals surface area contributed by atoms with Crippen LogP contribution >= 0.6 is 58.0 Å². The number of hydrogen-bond acceptors (Lipinski definition) is 4. The summed E-state index contributed by atoms with van der Waals surface area (Å²) < 4.78 is 6.57. The van der Waals surface area contributed by atoms with Crippen molar-refractivity contribution in [3.63, 3.8) is 0 Å². The van der Waals surface area contributed by atoms with Gasteiger partial charge in [-0.2, -0.15) is 0 Å². The van der Waals surface area contributed by atoms with E-state index in [2.05, 4.69) is 38.2 Å². The van der Waals surface area contributed by atoms with E-state index in [1.54, 1.807) is 42.6 Å². The molecule has 0 saturated carbocycles. The highest BCUT2D eigenvalue weighted by Crippen LogP contribution is 2.29. The van der Waals surface area contributed by atoms with E-state index >= 15 is 0 Å². The Morgan fingerprint density at radius 3 is 2.62 bits per heavy atom. The Morgan fingerprint density at radius 2 is 1.92 bits per heavy atom. The van der Waals surface area contributed by atoms with Crippen molar-refractivity contribution in [2.24, 2.45) is 0 Å². The summed E-state index contributed by atoms with van der Waals surface area (Å²) in [6.07, 6.45) is 1.68. The second-order valence-electron chi connectivity index (χ2n) is 5.06. The predicted molar refractivity (Wildman–Crippen MR) is 115 cm³/mol. The molecule has 3 aromatic rings. The van der Waals surface area contributed by atoms with Crippen LogP contribution in [0.2, 0.25) is 10.0 Å². The third kappa shape index (κ3) is 4.73. The maximum absolute atomic E-state index is 12.3. The minimum absolute atomic E-state index is 0.116. The predicted octanol–water partition coefficient (Wildman–Crippen LogP) is 5.38. The summed E-state index contributed by atoms with van der Waals surface area (Å²) in [6.45, 7) is 0. The molecule has 1 aromatic carbocycles. The average molecular weight is 518 g/mol. The van der Waals surface area contributed by atoms with Gasteiger partial charge in [-0.1, -0.05) is 23.2 Å². The van der Waals surface area contributed by atoms with E-state index < -0.39 is 5.91 Å². The smallest absolute Gasteiger partial charge is 0.293 e. The first-order valence-corrected chi connectivity index (χ1v) is 9.46. The molecule has 132 valence electrons. The fourth-order valence-corrected chi connectivity index (χ4v) is 2.84. The Kier molecular flexibility index (Phi) is 6.13. The number of carbonyl (C=O) groups is 1. The van der Waals surface area contributed by atoms with Crippen molar-refractivity contribution < 1.29 is 9.21 Å². The number of furan rings is 1. The van der Waals surface area contributed by atoms with Gasteiger partial charge < -0.3 is 9.73 Å². The first kappa shape index (κ1) is 19.1. The van der Waals surface area contributed by atoms with Crippen LogP contribution in [0.3, 0.4) is 0 Å². The summed E-state index contributed by atoms with van der Waals surface area (Å²) in [4.78, 5) is 16.4. The summed E-state index contributed by atoms with van der Waals surface area (Å²) in [5.74, 6) is 0.670. The fourth-order valence-electron chi connectivity index (χ4n) is 2.03. The van der Waals surface area contributed by atoms with E-state index in [0.29, 0.717) is 27.2 Å². The third-order valence-corrected chi connectivity index (χ3v) is 4.81. The van der Waals surface area contributed by atoms with Gasteiger partial charge in [0.25, 0.3) is 5.91 Å². The van der Waals surface area contributed by atoms with Crippen LogP contribution in [0.4, 0.5) is 5.82 Å². The second-order valence-corrected chi connectivity index (χ2v) is 7.53. The molecule has 0 unspecified atom stereocenters. The van der Waals surface area contributed by atoms with E-state index in [9.17, 15) is 4.79 Å². The normalized spacial score (nSPS) is 10.4. The monoisotopic (exact) mass is 517 g/mol. The molecule has 5 nitrogen and oxygen atoms in total. The maximum atomic E-state index is 12.3. The van der Waals surface area contributed by atoms with Crippen molar-refractivity contribution in [1.29, 1.82) is 0 Å². The van der Waals surface area contributed by atoms with Gasteiger partial charge in [-0.25, -0.2) is 4.98 Å². The molecule has 0 radical (unpaired) electrons. The van der Waals surface area contributed by atoms with Crippen molar-refractivity contribution in [2.75, 3.05) is 5.32 Å². The zero-order valence-corrected chi connectivity index (χ0v) is 17.4. The van der Waals surface area contributed by atoms with Gasteiger partial charge in [-0.3, -0.25) is 10.1 Å². The number of carbonyl (C=O) groups excluding carboxylic acids is 1. The molecule has 0 aliphatic heterocycles. The molecule has 0 bridgehead atoms. The van der Waals surface area contributed by atoms with Crippen LogP contribution in [0.25, 0.3) is 11.3 Å². The van der Waals surface area contributed by atoms with Crippen LogP contribution in [-0.4, -0.2) is 16.0 Å². The van der Waals surface area contributed by atoms with E-state index in [0.717, 1.165) is 3.57 Å². The molecule has 9 heteroatoms. The van der Waals surface area contributed by atoms with Crippen molar-refractivity contribution >= 4 is 74.8 Å². The molecule has 0 fully saturated rings. The average Bonchev–Trinajstić information content (AvgIpc) is 3.09. The van der Waals surface area contributed by atoms with E-state index in [4.69, 9.17) is 39.8 Å². The van der Waals surface area contributed by atoms with Crippen LogP contribution in [0.5, 0.6) is 0 Å². The standard InChI is InChI=1S/C17H10Cl2IN3O2S/c18-11-3-1-9(7-12(11)19)13-4-5-14(25-13)16(24)23-17(26)22-15-6-2-10(20)8-21-15/h1-8H,(H2,21,22,23,24,26). The number of thiocarbonyl (C=S) groups is 1. The lowest BCUT2D eigenvalue weighted by Crippen LogP contribution is -2.34. The van der Waals surface area contributed by atoms with E-state index in [-0.39, 0.29) is 10.9 Å². The Hall–Kier alpha value is -1.68. The molecule has 0 atom stereocenters. The van der Waals surface area contributed by atoms with Gasteiger partial charge in [-0.15, -0.1) is 0 Å². The van der Waals surface area contributed by atoms with Gasteiger partial charge in [0.05, 0.1) is 10.0 Å². The highest BCUT2D eigenvalue weighted by atomic mass is 127. The van der Waals surface area contributed by atoms with Crippen molar-refractivity contribution in [1.82, 2.24) is 10.3 Å². The van der Waals surface area contributed by atoms with Crippen LogP contribution in [-0.2, 0) is 0 Å². The molecule has 0 spiro atoms. The highest BCUT2D eigenvalue weighted by Gasteiger charge is 2.14. The number of amides is 1. The van der Waals surface area contributed by atoms with Gasteiger partial charge in [0.15, 0.2) is 10.9 Å². The number of rotatable bonds is 3. The zero-order chi connectivity index (χ0) is 18.7. The molecule has 2 aromatic heterocycles. The maximum Gasteiger partial charge on any atom is 0.293 e. The Balaban J connectivity index is 1.66. The third-order valence-electron chi connectivity index (χ3n) is 3.23. The number of aromatic nitrogens is 1. The van der Waals surface area contributed by atoms with Gasteiger partial charge in [0.1, 0.15) is 11.6 Å². The largest absolute Gasteiger partial charge is 0.451 e. The lowest BCUT2D eigenvalue weighted by molar-refractivity contribution is 0.0951. The van der Waals surface area contributed by atoms with E-state index in [1.807, 2.05) is 6.07 Å². The number of pyridine rings is 1. The van der Waals surface area contributed by atoms with Crippen LogP contribution in [0, 0.1) is 3.57 Å². The summed E-state index contributed by atoms with van der Waals surface area (Å²) in [7, 11) is 0. The molecule has 2 N–H and O–H groups in total. The highest BCUT2D eigenvalue weighted by molar-refractivity contribution is 14.1. The number of nitrogens with zero attached hydrogens (tertiary/aromatic N) is 1. The Labute approximate surface area is 178 Å². The molecule has 0 aliphatic carbocycles. The van der Waals surface area contributed by atoms with Crippen LogP contribution < -0.4 is 10.6 Å². The van der Waals surface area contributed by atoms with Crippen molar-refractivity contribution in [2.45, 2.75) is 0 Å². The first-order valence-electron chi connectivity index (χ1n) is 7.21. The Bertz CT molecular complexity index is 976. The molecule has 26 heavy (non-hydrogen) atoms. The van der Waals surface area contributed by atoms with Gasteiger partial charge in [0, 0.05) is 15.3 Å². The molecule has 2 heterocycles. The minimum atomic E-state index is -0.473. The lowest BCUT2D eigenvalue weighted by Gasteiger charge is -2.07. The number of hydrogen-bond donors (Lipinski definition) is 2. The molecule has 0 aliphatic rings. The summed E-state index contributed by atoms with van der Waals surface area (Å²) in [5, 5.41) is 6.35. The van der Waals surface area contributed by atoms with Gasteiger partial charge in [0.2, 0.25) is 0 Å². The molecule has 1 amide bonds. The Morgan fingerprint density at radius 1 is 1.12 bits per heavy atom. The number of nitrogens with one attached hydrogen (secondary N) is 2. The lowest BCUT2D eigenvalue weighted by atomic mass is 10.2. The molecule has 0 saturated heterocycles. The number of halogens is 3. The van der Waals surface area contributed by atoms with Gasteiger partial charge >= 0.3 is 0 Å². The second kappa shape index (κ2) is 8.34. The van der Waals surface area contributed by atoms with Crippen LogP contribution in [0.15, 0.2) is 53.1 Å². The first-order chi connectivity index (χ1) is 12.4. The topological polar surface area (TPSA) is 67.2 Å². The molecule has 3 rings (SSSR count). The van der Waals surface area contributed by atoms with E-state index in [1.165, 1.54) is 0 Å². The van der Waals surface area contributed by atoms with Crippen LogP contribution in [0.1, 0.15) is 10.6 Å². The summed E-state index contributed by atoms with van der Waals surface area (Å²) >= 11 is 19.2. The molecular formula is C17H10Cl2IN3O2S. The van der Waals surface area contributed by atoms with Gasteiger partial charge in [-0.05, 0) is 77.3 Å². The van der Waals surface area contributed by atoms with Crippen molar-refractivity contribution in [3.05, 3.63) is 68.0 Å². The number of anilines is 1. The number of benzene rings is 1. The zero-order valence-electron chi connectivity index (χ0n) is 12.9. The SMILES string of the molecule is O=C(NC(=S)Nc1ccc(I)cn1)c1ccc(-c2ccc(Cl)c(Cl)c2)o1. The quantitative estimate of drug-likeness (QED) is 0.360. The molecular weight excluding hydrogens is 508 g/mol. The fraction of sp³-hybridized carbons (Fsp3) is 0. The van der Waals surface area contributed by atoms with Crippen molar-refractivity contribution in [3.8, 4) is 11.3 Å². The minimum Gasteiger partial charge on any atom is -0.451 e. The summed E-state index contributed by atoms with van der Waals surface area (Å²) in [5.41, 5.74) is 0.710. The summed E-state index contributed by atoms with van der Waals surface area (Å²) in [6, 6.07) is 11.9.